The number of benzene rings is 1. The van der Waals surface area contributed by atoms with Crippen LogP contribution in [0, 0.1) is 0 Å². The molecule has 2 aliphatic heterocycles. The molecule has 2 aliphatic rings. The molecule has 0 saturated carbocycles. The average molecular weight is 499 g/mol. The van der Waals surface area contributed by atoms with Crippen LogP contribution in [0.5, 0.6) is 11.5 Å². The van der Waals surface area contributed by atoms with Crippen LogP contribution in [-0.2, 0) is 15.9 Å². The summed E-state index contributed by atoms with van der Waals surface area (Å²) in [5, 5.41) is 6.79. The summed E-state index contributed by atoms with van der Waals surface area (Å²) in [6, 6.07) is 7.29. The van der Waals surface area contributed by atoms with Crippen LogP contribution in [0.3, 0.4) is 0 Å². The monoisotopic (exact) mass is 498 g/mol. The Balaban J connectivity index is 1.50. The molecule has 1 amide bonds. The third kappa shape index (κ3) is 4.93. The maximum Gasteiger partial charge on any atom is 0.255 e. The minimum absolute atomic E-state index is 0.0119. The Morgan fingerprint density at radius 1 is 1.29 bits per heavy atom. The number of H-pyrrole nitrogens is 1. The van der Waals surface area contributed by atoms with E-state index in [0.29, 0.717) is 79.3 Å². The number of para-hydroxylation sites is 1. The first-order valence-corrected chi connectivity index (χ1v) is 11.9. The predicted molar refractivity (Wildman–Crippen MR) is 132 cm³/mol. The first-order valence-electron chi connectivity index (χ1n) is 11.5. The molecule has 1 atom stereocenters. The number of ether oxygens (including phenoxy) is 4. The van der Waals surface area contributed by atoms with Gasteiger partial charge in [0.1, 0.15) is 5.75 Å². The Kier molecular flexibility index (Phi) is 7.08. The molecule has 3 N–H and O–H groups in total. The summed E-state index contributed by atoms with van der Waals surface area (Å²) in [5.41, 5.74) is 4.19. The molecule has 10 heteroatoms. The van der Waals surface area contributed by atoms with E-state index < -0.39 is 0 Å². The van der Waals surface area contributed by atoms with Crippen LogP contribution in [0.4, 0.5) is 11.4 Å². The number of halogens is 1. The number of pyridine rings is 1. The number of rotatable bonds is 8. The van der Waals surface area contributed by atoms with Gasteiger partial charge in [-0.15, -0.1) is 0 Å². The zero-order valence-corrected chi connectivity index (χ0v) is 20.1. The summed E-state index contributed by atoms with van der Waals surface area (Å²) < 4.78 is 22.8. The zero-order valence-electron chi connectivity index (χ0n) is 19.4. The zero-order chi connectivity index (χ0) is 24.2. The second kappa shape index (κ2) is 10.6. The molecule has 4 heterocycles. The van der Waals surface area contributed by atoms with Crippen molar-refractivity contribution in [1.82, 2.24) is 15.3 Å². The molecule has 9 nitrogen and oxygen atoms in total. The summed E-state index contributed by atoms with van der Waals surface area (Å²) in [5.74, 6) is 0.944. The van der Waals surface area contributed by atoms with Crippen LogP contribution < -0.4 is 20.1 Å². The fourth-order valence-corrected chi connectivity index (χ4v) is 4.61. The lowest BCUT2D eigenvalue weighted by Gasteiger charge is -2.23. The van der Waals surface area contributed by atoms with E-state index in [1.165, 1.54) is 0 Å². The molecule has 0 bridgehead atoms. The second-order valence-electron chi connectivity index (χ2n) is 8.26. The Morgan fingerprint density at radius 3 is 3.03 bits per heavy atom. The topological polar surface area (TPSA) is 107 Å². The average Bonchev–Trinajstić information content (AvgIpc) is 3.24. The minimum Gasteiger partial charge on any atom is -0.493 e. The summed E-state index contributed by atoms with van der Waals surface area (Å²) in [6.07, 6.45) is 4.77. The highest BCUT2D eigenvalue weighted by atomic mass is 35.5. The van der Waals surface area contributed by atoms with Crippen molar-refractivity contribution >= 4 is 28.9 Å². The van der Waals surface area contributed by atoms with Gasteiger partial charge < -0.3 is 34.6 Å². The van der Waals surface area contributed by atoms with E-state index in [9.17, 15) is 4.79 Å². The largest absolute Gasteiger partial charge is 0.493 e. The van der Waals surface area contributed by atoms with Gasteiger partial charge in [-0.2, -0.15) is 0 Å². The van der Waals surface area contributed by atoms with E-state index in [-0.39, 0.29) is 12.0 Å². The van der Waals surface area contributed by atoms with Crippen LogP contribution >= 0.6 is 11.6 Å². The van der Waals surface area contributed by atoms with Crippen molar-refractivity contribution in [3.05, 3.63) is 52.9 Å². The number of aromatic nitrogens is 2. The predicted octanol–water partition coefficient (Wildman–Crippen LogP) is 3.95. The molecule has 184 valence electrons. The molecule has 1 fully saturated rings. The molecule has 1 saturated heterocycles. The molecule has 5 rings (SSSR count). The number of nitrogens with zero attached hydrogens (tertiary/aromatic N) is 1. The van der Waals surface area contributed by atoms with Crippen LogP contribution in [0.1, 0.15) is 22.5 Å². The van der Waals surface area contributed by atoms with Gasteiger partial charge >= 0.3 is 0 Å². The first-order chi connectivity index (χ1) is 17.2. The quantitative estimate of drug-likeness (QED) is 0.431. The van der Waals surface area contributed by atoms with Crippen molar-refractivity contribution in [2.75, 3.05) is 45.4 Å². The number of anilines is 2. The summed E-state index contributed by atoms with van der Waals surface area (Å²) in [4.78, 5) is 20.6. The van der Waals surface area contributed by atoms with E-state index >= 15 is 0 Å². The van der Waals surface area contributed by atoms with E-state index in [0.717, 1.165) is 17.0 Å². The summed E-state index contributed by atoms with van der Waals surface area (Å²) in [7, 11) is 1.56. The van der Waals surface area contributed by atoms with Crippen molar-refractivity contribution in [2.45, 2.75) is 18.9 Å². The molecular weight excluding hydrogens is 472 g/mol. The highest BCUT2D eigenvalue weighted by Gasteiger charge is 2.29. The fraction of sp³-hybridized carbons (Fsp3) is 0.360. The number of carbonyl (C=O) groups excluding carboxylic acids is 1. The standard InChI is InChI=1S/C25H27ClN4O5/c1-32-24-17(26)3-2-4-19(24)30-23-21-18(6-9-28-25(21)31)29-22(23)16-5-8-27-13-20(16)35-10-7-15-14-33-11-12-34-15/h2-5,8,13,15,29-30H,6-7,9-12,14H2,1H3,(H,28,31). The molecule has 0 aliphatic carbocycles. The maximum atomic E-state index is 12.9. The van der Waals surface area contributed by atoms with Gasteiger partial charge in [-0.05, 0) is 18.2 Å². The van der Waals surface area contributed by atoms with Crippen molar-refractivity contribution in [3.63, 3.8) is 0 Å². The number of hydrogen-bond donors (Lipinski definition) is 3. The Bertz CT molecular complexity index is 1210. The number of methoxy groups -OCH3 is 1. The lowest BCUT2D eigenvalue weighted by molar-refractivity contribution is -0.0935. The highest BCUT2D eigenvalue weighted by Crippen LogP contribution is 2.42. The Morgan fingerprint density at radius 2 is 2.20 bits per heavy atom. The third-order valence-electron chi connectivity index (χ3n) is 6.03. The minimum atomic E-state index is -0.150. The fourth-order valence-electron chi connectivity index (χ4n) is 4.36. The molecule has 35 heavy (non-hydrogen) atoms. The summed E-state index contributed by atoms with van der Waals surface area (Å²) in [6.45, 7) is 2.80. The number of carbonyl (C=O) groups is 1. The molecule has 2 aromatic heterocycles. The number of hydrogen-bond acceptors (Lipinski definition) is 7. The number of aromatic amines is 1. The Hall–Kier alpha value is -3.27. The van der Waals surface area contributed by atoms with E-state index in [2.05, 4.69) is 20.6 Å². The van der Waals surface area contributed by atoms with E-state index in [1.54, 1.807) is 25.6 Å². The van der Waals surface area contributed by atoms with E-state index in [1.807, 2.05) is 18.2 Å². The highest BCUT2D eigenvalue weighted by molar-refractivity contribution is 6.32. The number of fused-ring (bicyclic) bond motifs is 1. The van der Waals surface area contributed by atoms with Crippen molar-refractivity contribution in [2.24, 2.45) is 0 Å². The second-order valence-corrected chi connectivity index (χ2v) is 8.66. The third-order valence-corrected chi connectivity index (χ3v) is 6.33. The number of nitrogens with one attached hydrogen (secondary N) is 3. The SMILES string of the molecule is COc1c(Cl)cccc1Nc1c(-c2ccncc2OCCC2COCCO2)[nH]c2c1C(=O)NCC2. The van der Waals surface area contributed by atoms with Gasteiger partial charge in [0.2, 0.25) is 0 Å². The lowest BCUT2D eigenvalue weighted by atomic mass is 10.0. The first kappa shape index (κ1) is 23.5. The smallest absolute Gasteiger partial charge is 0.255 e. The van der Waals surface area contributed by atoms with Crippen LogP contribution in [0.15, 0.2) is 36.7 Å². The van der Waals surface area contributed by atoms with Crippen LogP contribution in [-0.4, -0.2) is 62.1 Å². The number of amides is 1. The van der Waals surface area contributed by atoms with E-state index in [4.69, 9.17) is 30.5 Å². The Labute approximate surface area is 208 Å². The lowest BCUT2D eigenvalue weighted by Crippen LogP contribution is -2.31. The molecule has 0 radical (unpaired) electrons. The van der Waals surface area contributed by atoms with Gasteiger partial charge in [0.05, 0.1) is 73.5 Å². The molecule has 1 aromatic carbocycles. The van der Waals surface area contributed by atoms with Gasteiger partial charge in [0.15, 0.2) is 5.75 Å². The van der Waals surface area contributed by atoms with Crippen molar-refractivity contribution in [3.8, 4) is 22.8 Å². The normalized spacial score (nSPS) is 17.4. The summed E-state index contributed by atoms with van der Waals surface area (Å²) >= 11 is 6.35. The van der Waals surface area contributed by atoms with Crippen molar-refractivity contribution in [1.29, 1.82) is 0 Å². The van der Waals surface area contributed by atoms with Crippen LogP contribution in [0.2, 0.25) is 5.02 Å². The van der Waals surface area contributed by atoms with Gasteiger partial charge in [-0.3, -0.25) is 9.78 Å². The maximum absolute atomic E-state index is 12.9. The molecule has 3 aromatic rings. The van der Waals surface area contributed by atoms with Gasteiger partial charge in [-0.25, -0.2) is 0 Å². The van der Waals surface area contributed by atoms with Crippen LogP contribution in [0.25, 0.3) is 11.3 Å². The molecule has 0 spiro atoms. The van der Waals surface area contributed by atoms with Gasteiger partial charge in [-0.1, -0.05) is 17.7 Å². The van der Waals surface area contributed by atoms with Crippen molar-refractivity contribution < 1.29 is 23.7 Å². The van der Waals surface area contributed by atoms with Gasteiger partial charge in [0.25, 0.3) is 5.91 Å². The molecular formula is C25H27ClN4O5. The van der Waals surface area contributed by atoms with Gasteiger partial charge in [0, 0.05) is 36.8 Å². The molecule has 1 unspecified atom stereocenters.